The molecule has 0 aromatic heterocycles. The molecule has 0 aromatic carbocycles. The van der Waals surface area contributed by atoms with Crippen molar-refractivity contribution in [1.29, 1.82) is 0 Å². The molecule has 0 radical (unpaired) electrons. The van der Waals surface area contributed by atoms with E-state index in [1.165, 1.54) is 25.7 Å². The van der Waals surface area contributed by atoms with E-state index in [2.05, 4.69) is 18.7 Å². The van der Waals surface area contributed by atoms with E-state index in [1.807, 2.05) is 4.90 Å². The lowest BCUT2D eigenvalue weighted by atomic mass is 9.89. The number of hydrogen-bond donors (Lipinski definition) is 1. The molecule has 0 unspecified atom stereocenters. The minimum atomic E-state index is -0.272. The van der Waals surface area contributed by atoms with Crippen LogP contribution in [0.15, 0.2) is 0 Å². The van der Waals surface area contributed by atoms with Gasteiger partial charge in [0.15, 0.2) is 0 Å². The number of nitrogens with zero attached hydrogens (tertiary/aromatic N) is 2. The fourth-order valence-electron chi connectivity index (χ4n) is 3.45. The molecule has 2 aliphatic heterocycles. The minimum Gasteiger partial charge on any atom is -0.342 e. The largest absolute Gasteiger partial charge is 0.342 e. The molecular formula is C16H31N3O. The van der Waals surface area contributed by atoms with E-state index in [9.17, 15) is 4.79 Å². The molecule has 2 N–H and O–H groups in total. The third-order valence-corrected chi connectivity index (χ3v) is 4.72. The van der Waals surface area contributed by atoms with Crippen molar-refractivity contribution >= 4 is 5.91 Å². The maximum Gasteiger partial charge on any atom is 0.229 e. The lowest BCUT2D eigenvalue weighted by molar-refractivity contribution is -0.142. The second-order valence-electron chi connectivity index (χ2n) is 7.20. The molecule has 2 heterocycles. The zero-order valence-electron chi connectivity index (χ0n) is 13.2. The SMILES string of the molecule is CC(C)(CN1CCCCCC1)C(=O)N1CCC(N)CC1. The summed E-state index contributed by atoms with van der Waals surface area (Å²) in [6.45, 7) is 9.09. The van der Waals surface area contributed by atoms with Crippen molar-refractivity contribution in [2.45, 2.75) is 58.4 Å². The molecule has 0 bridgehead atoms. The first-order valence-electron chi connectivity index (χ1n) is 8.26. The number of rotatable bonds is 3. The summed E-state index contributed by atoms with van der Waals surface area (Å²) >= 11 is 0. The van der Waals surface area contributed by atoms with Gasteiger partial charge in [0, 0.05) is 25.7 Å². The molecule has 0 spiro atoms. The van der Waals surface area contributed by atoms with E-state index in [-0.39, 0.29) is 11.5 Å². The highest BCUT2D eigenvalue weighted by Crippen LogP contribution is 2.24. The molecule has 20 heavy (non-hydrogen) atoms. The van der Waals surface area contributed by atoms with Gasteiger partial charge in [-0.05, 0) is 52.6 Å². The Morgan fingerprint density at radius 3 is 2.15 bits per heavy atom. The Hall–Kier alpha value is -0.610. The van der Waals surface area contributed by atoms with Gasteiger partial charge >= 0.3 is 0 Å². The normalized spacial score (nSPS) is 23.6. The lowest BCUT2D eigenvalue weighted by Gasteiger charge is -2.38. The molecule has 0 aromatic rings. The number of piperidine rings is 1. The van der Waals surface area contributed by atoms with E-state index in [0.29, 0.717) is 5.91 Å². The first-order chi connectivity index (χ1) is 9.49. The topological polar surface area (TPSA) is 49.6 Å². The third-order valence-electron chi connectivity index (χ3n) is 4.72. The monoisotopic (exact) mass is 281 g/mol. The van der Waals surface area contributed by atoms with E-state index in [1.54, 1.807) is 0 Å². The number of nitrogens with two attached hydrogens (primary N) is 1. The Labute approximate surface area is 123 Å². The summed E-state index contributed by atoms with van der Waals surface area (Å²) in [5.74, 6) is 0.314. The van der Waals surface area contributed by atoms with Crippen molar-refractivity contribution in [3.05, 3.63) is 0 Å². The smallest absolute Gasteiger partial charge is 0.229 e. The second-order valence-corrected chi connectivity index (χ2v) is 7.20. The molecule has 0 saturated carbocycles. The van der Waals surface area contributed by atoms with Gasteiger partial charge in [-0.15, -0.1) is 0 Å². The Bertz CT molecular complexity index is 314. The summed E-state index contributed by atoms with van der Waals surface area (Å²) in [7, 11) is 0. The van der Waals surface area contributed by atoms with Crippen LogP contribution in [0.3, 0.4) is 0 Å². The third kappa shape index (κ3) is 4.19. The Morgan fingerprint density at radius 1 is 1.05 bits per heavy atom. The fraction of sp³-hybridized carbons (Fsp3) is 0.938. The van der Waals surface area contributed by atoms with Crippen LogP contribution < -0.4 is 5.73 Å². The maximum atomic E-state index is 12.7. The second kappa shape index (κ2) is 6.90. The summed E-state index contributed by atoms with van der Waals surface area (Å²) in [6, 6.07) is 0.285. The van der Waals surface area contributed by atoms with Crippen molar-refractivity contribution in [2.75, 3.05) is 32.7 Å². The van der Waals surface area contributed by atoms with E-state index < -0.39 is 0 Å². The highest BCUT2D eigenvalue weighted by molar-refractivity contribution is 5.82. The molecule has 2 fully saturated rings. The van der Waals surface area contributed by atoms with E-state index >= 15 is 0 Å². The van der Waals surface area contributed by atoms with Gasteiger partial charge in [0.1, 0.15) is 0 Å². The number of carbonyl (C=O) groups excluding carboxylic acids is 1. The van der Waals surface area contributed by atoms with Crippen LogP contribution in [0.5, 0.6) is 0 Å². The van der Waals surface area contributed by atoms with Crippen LogP contribution in [0.1, 0.15) is 52.4 Å². The number of carbonyl (C=O) groups is 1. The molecule has 2 rings (SSSR count). The van der Waals surface area contributed by atoms with Crippen LogP contribution in [-0.4, -0.2) is 54.5 Å². The first kappa shape index (κ1) is 15.8. The Kier molecular flexibility index (Phi) is 5.44. The van der Waals surface area contributed by atoms with Gasteiger partial charge in [0.25, 0.3) is 0 Å². The molecular weight excluding hydrogens is 250 g/mol. The van der Waals surface area contributed by atoms with Gasteiger partial charge in [-0.2, -0.15) is 0 Å². The fourth-order valence-corrected chi connectivity index (χ4v) is 3.45. The van der Waals surface area contributed by atoms with Gasteiger partial charge in [-0.3, -0.25) is 4.79 Å². The highest BCUT2D eigenvalue weighted by atomic mass is 16.2. The van der Waals surface area contributed by atoms with E-state index in [4.69, 9.17) is 5.73 Å². The molecule has 2 saturated heterocycles. The Balaban J connectivity index is 1.89. The summed E-state index contributed by atoms with van der Waals surface area (Å²) < 4.78 is 0. The molecule has 2 aliphatic rings. The van der Waals surface area contributed by atoms with Crippen molar-refractivity contribution < 1.29 is 4.79 Å². The van der Waals surface area contributed by atoms with Crippen molar-refractivity contribution in [3.63, 3.8) is 0 Å². The van der Waals surface area contributed by atoms with Crippen LogP contribution in [0.4, 0.5) is 0 Å². The quantitative estimate of drug-likeness (QED) is 0.859. The van der Waals surface area contributed by atoms with Crippen LogP contribution in [-0.2, 0) is 4.79 Å². The van der Waals surface area contributed by atoms with Gasteiger partial charge < -0.3 is 15.5 Å². The standard InChI is InChI=1S/C16H31N3O/c1-16(2,13-18-9-5-3-4-6-10-18)15(20)19-11-7-14(17)8-12-19/h14H,3-13,17H2,1-2H3. The summed E-state index contributed by atoms with van der Waals surface area (Å²) in [6.07, 6.45) is 7.15. The lowest BCUT2D eigenvalue weighted by Crippen LogP contribution is -2.51. The van der Waals surface area contributed by atoms with Crippen LogP contribution in [0, 0.1) is 5.41 Å². The van der Waals surface area contributed by atoms with E-state index in [0.717, 1.165) is 45.6 Å². The predicted molar refractivity (Wildman–Crippen MR) is 82.5 cm³/mol. The average molecular weight is 281 g/mol. The molecule has 4 nitrogen and oxygen atoms in total. The van der Waals surface area contributed by atoms with Crippen LogP contribution in [0.25, 0.3) is 0 Å². The van der Waals surface area contributed by atoms with Gasteiger partial charge in [0.2, 0.25) is 5.91 Å². The molecule has 116 valence electrons. The van der Waals surface area contributed by atoms with Gasteiger partial charge in [-0.25, -0.2) is 0 Å². The van der Waals surface area contributed by atoms with Gasteiger partial charge in [0.05, 0.1) is 5.41 Å². The average Bonchev–Trinajstić information content (AvgIpc) is 2.67. The highest BCUT2D eigenvalue weighted by Gasteiger charge is 2.35. The summed E-state index contributed by atoms with van der Waals surface area (Å²) in [5.41, 5.74) is 5.65. The molecule has 0 aliphatic carbocycles. The summed E-state index contributed by atoms with van der Waals surface area (Å²) in [4.78, 5) is 17.3. The van der Waals surface area contributed by atoms with Crippen molar-refractivity contribution in [2.24, 2.45) is 11.1 Å². The zero-order chi connectivity index (χ0) is 14.6. The number of amides is 1. The maximum absolute atomic E-state index is 12.7. The number of likely N-dealkylation sites (tertiary alicyclic amines) is 2. The summed E-state index contributed by atoms with van der Waals surface area (Å²) in [5, 5.41) is 0. The number of hydrogen-bond acceptors (Lipinski definition) is 3. The minimum absolute atomic E-state index is 0.272. The van der Waals surface area contributed by atoms with Crippen LogP contribution in [0.2, 0.25) is 0 Å². The molecule has 1 amide bonds. The Morgan fingerprint density at radius 2 is 1.60 bits per heavy atom. The predicted octanol–water partition coefficient (Wildman–Crippen LogP) is 1.84. The van der Waals surface area contributed by atoms with Gasteiger partial charge in [-0.1, -0.05) is 12.8 Å². The zero-order valence-corrected chi connectivity index (χ0v) is 13.2. The molecule has 0 atom stereocenters. The van der Waals surface area contributed by atoms with Crippen molar-refractivity contribution in [3.8, 4) is 0 Å². The van der Waals surface area contributed by atoms with Crippen molar-refractivity contribution in [1.82, 2.24) is 9.80 Å². The first-order valence-corrected chi connectivity index (χ1v) is 8.26. The van der Waals surface area contributed by atoms with Crippen LogP contribution >= 0.6 is 0 Å². The molecule has 4 heteroatoms.